The summed E-state index contributed by atoms with van der Waals surface area (Å²) in [7, 11) is -3.91. The summed E-state index contributed by atoms with van der Waals surface area (Å²) in [5.74, 6) is 0. The van der Waals surface area contributed by atoms with Crippen LogP contribution in [-0.2, 0) is 28.0 Å². The molecule has 1 heterocycles. The Morgan fingerprint density at radius 3 is 1.33 bits per heavy atom. The maximum atomic E-state index is 10.7. The van der Waals surface area contributed by atoms with E-state index in [1.165, 1.54) is 17.0 Å². The molecule has 1 rings (SSSR count). The summed E-state index contributed by atoms with van der Waals surface area (Å²) < 4.78 is 61.3. The fourth-order valence-electron chi connectivity index (χ4n) is 2.24. The number of aryl methyl sites for hydroxylation is 1. The SMILES string of the molecule is Cc1cc(C(C)(C)C)[n+](C)c(C(C)(C)C)c1.O=S(=O)([O-])C(F)(F)F. The highest BCUT2D eigenvalue weighted by atomic mass is 32.2. The predicted octanol–water partition coefficient (Wildman–Crippen LogP) is 3.47. The van der Waals surface area contributed by atoms with Crippen LogP contribution in [0.5, 0.6) is 0 Å². The van der Waals surface area contributed by atoms with Crippen molar-refractivity contribution in [2.24, 2.45) is 7.05 Å². The molecule has 0 amide bonds. The number of hydrogen-bond donors (Lipinski definition) is 0. The summed E-state index contributed by atoms with van der Waals surface area (Å²) >= 11 is 0. The molecule has 0 N–H and O–H groups in total. The molecule has 0 spiro atoms. The van der Waals surface area contributed by atoms with Gasteiger partial charge in [-0.25, -0.2) is 13.0 Å². The smallest absolute Gasteiger partial charge is 0.485 e. The number of halogens is 3. The number of pyridine rings is 1. The Balaban J connectivity index is 0.000000561. The Morgan fingerprint density at radius 2 is 1.17 bits per heavy atom. The van der Waals surface area contributed by atoms with Crippen LogP contribution in [0.4, 0.5) is 13.2 Å². The third-order valence-corrected chi connectivity index (χ3v) is 3.84. The van der Waals surface area contributed by atoms with E-state index >= 15 is 0 Å². The van der Waals surface area contributed by atoms with Crippen LogP contribution in [0.25, 0.3) is 0 Å². The standard InChI is InChI=1S/C15H26N.CHF3O3S/c1-11-9-12(14(2,3)4)16(8)13(10-11)15(5,6)7;2-1(3,4)8(5,6)7/h9-10H,1-8H3;(H,5,6,7)/q+1;/p-1. The molecule has 4 nitrogen and oxygen atoms in total. The van der Waals surface area contributed by atoms with E-state index < -0.39 is 15.6 Å². The van der Waals surface area contributed by atoms with Crippen molar-refractivity contribution >= 4 is 10.1 Å². The van der Waals surface area contributed by atoms with Crippen molar-refractivity contribution in [1.82, 2.24) is 0 Å². The molecule has 0 aliphatic heterocycles. The van der Waals surface area contributed by atoms with Gasteiger partial charge in [0.05, 0.1) is 0 Å². The second-order valence-electron chi connectivity index (χ2n) is 7.76. The average Bonchev–Trinajstić information content (AvgIpc) is 2.27. The second kappa shape index (κ2) is 7.00. The monoisotopic (exact) mass is 369 g/mol. The van der Waals surface area contributed by atoms with Crippen molar-refractivity contribution in [3.05, 3.63) is 29.1 Å². The molecule has 0 aromatic carbocycles. The molecule has 24 heavy (non-hydrogen) atoms. The molecule has 0 atom stereocenters. The van der Waals surface area contributed by atoms with Crippen LogP contribution in [0, 0.1) is 6.92 Å². The average molecular weight is 369 g/mol. The van der Waals surface area contributed by atoms with Crippen LogP contribution in [0.1, 0.15) is 58.5 Å². The van der Waals surface area contributed by atoms with Gasteiger partial charge in [-0.2, -0.15) is 13.2 Å². The van der Waals surface area contributed by atoms with Crippen molar-refractivity contribution in [2.75, 3.05) is 0 Å². The summed E-state index contributed by atoms with van der Waals surface area (Å²) in [6.45, 7) is 15.8. The van der Waals surface area contributed by atoms with Gasteiger partial charge in [-0.1, -0.05) is 41.5 Å². The fourth-order valence-corrected chi connectivity index (χ4v) is 2.24. The van der Waals surface area contributed by atoms with Gasteiger partial charge in [0.2, 0.25) is 0 Å². The van der Waals surface area contributed by atoms with Crippen molar-refractivity contribution in [1.29, 1.82) is 0 Å². The zero-order valence-corrected chi connectivity index (χ0v) is 16.2. The molecule has 1 aromatic heterocycles. The lowest BCUT2D eigenvalue weighted by atomic mass is 9.86. The van der Waals surface area contributed by atoms with E-state index in [4.69, 9.17) is 13.0 Å². The van der Waals surface area contributed by atoms with Crippen LogP contribution in [0.3, 0.4) is 0 Å². The molecule has 1 aromatic rings. The fraction of sp³-hybridized carbons (Fsp3) is 0.688. The van der Waals surface area contributed by atoms with Gasteiger partial charge in [0.25, 0.3) is 0 Å². The minimum atomic E-state index is -6.09. The molecule has 0 saturated heterocycles. The zero-order chi connectivity index (χ0) is 19.7. The Morgan fingerprint density at radius 1 is 0.917 bits per heavy atom. The molecule has 140 valence electrons. The highest BCUT2D eigenvalue weighted by Crippen LogP contribution is 2.25. The van der Waals surface area contributed by atoms with Crippen molar-refractivity contribution in [2.45, 2.75) is 64.8 Å². The normalized spacial score (nSPS) is 13.3. The molecule has 0 fully saturated rings. The third kappa shape index (κ3) is 6.39. The highest BCUT2D eigenvalue weighted by molar-refractivity contribution is 7.86. The van der Waals surface area contributed by atoms with Crippen LogP contribution in [-0.4, -0.2) is 18.5 Å². The first-order chi connectivity index (χ1) is 10.3. The van der Waals surface area contributed by atoms with E-state index in [-0.39, 0.29) is 10.8 Å². The number of nitrogens with zero attached hydrogens (tertiary/aromatic N) is 1. The molecular formula is C16H26F3NO3S. The molecule has 8 heteroatoms. The first-order valence-electron chi connectivity index (χ1n) is 7.32. The van der Waals surface area contributed by atoms with E-state index in [2.05, 4.69) is 72.2 Å². The summed E-state index contributed by atoms with van der Waals surface area (Å²) in [4.78, 5) is 0. The van der Waals surface area contributed by atoms with Crippen LogP contribution in [0.2, 0.25) is 0 Å². The van der Waals surface area contributed by atoms with Gasteiger partial charge < -0.3 is 4.55 Å². The lowest BCUT2D eigenvalue weighted by Crippen LogP contribution is -2.47. The van der Waals surface area contributed by atoms with Gasteiger partial charge in [-0.05, 0) is 12.5 Å². The van der Waals surface area contributed by atoms with Gasteiger partial charge in [0.15, 0.2) is 21.5 Å². The van der Waals surface area contributed by atoms with Crippen LogP contribution < -0.4 is 4.57 Å². The lowest BCUT2D eigenvalue weighted by Gasteiger charge is -2.22. The molecule has 0 unspecified atom stereocenters. The summed E-state index contributed by atoms with van der Waals surface area (Å²) in [6.07, 6.45) is 0. The van der Waals surface area contributed by atoms with E-state index in [9.17, 15) is 13.2 Å². The largest absolute Gasteiger partial charge is 0.741 e. The number of alkyl halides is 3. The first-order valence-corrected chi connectivity index (χ1v) is 8.73. The van der Waals surface area contributed by atoms with Crippen molar-refractivity contribution < 1.29 is 30.7 Å². The second-order valence-corrected chi connectivity index (χ2v) is 9.13. The Bertz CT molecular complexity index is 647. The summed E-state index contributed by atoms with van der Waals surface area (Å²) in [6, 6.07) is 4.60. The lowest BCUT2D eigenvalue weighted by molar-refractivity contribution is -0.693. The number of hydrogen-bond acceptors (Lipinski definition) is 3. The molecular weight excluding hydrogens is 343 g/mol. The van der Waals surface area contributed by atoms with Gasteiger partial charge in [-0.15, -0.1) is 0 Å². The van der Waals surface area contributed by atoms with Gasteiger partial charge >= 0.3 is 5.51 Å². The van der Waals surface area contributed by atoms with E-state index in [1.807, 2.05) is 0 Å². The third-order valence-electron chi connectivity index (χ3n) is 3.27. The summed E-state index contributed by atoms with van der Waals surface area (Å²) in [5.41, 5.74) is -1.10. The quantitative estimate of drug-likeness (QED) is 0.400. The first kappa shape index (κ1) is 22.9. The Kier molecular flexibility index (Phi) is 6.66. The van der Waals surface area contributed by atoms with E-state index in [0.29, 0.717) is 0 Å². The van der Waals surface area contributed by atoms with Gasteiger partial charge in [-0.3, -0.25) is 0 Å². The zero-order valence-electron chi connectivity index (χ0n) is 15.4. The van der Waals surface area contributed by atoms with Crippen LogP contribution >= 0.6 is 0 Å². The minimum absolute atomic E-state index is 0.195. The molecule has 0 saturated carbocycles. The van der Waals surface area contributed by atoms with Crippen molar-refractivity contribution in [3.8, 4) is 0 Å². The maximum absolute atomic E-state index is 10.7. The van der Waals surface area contributed by atoms with Gasteiger partial charge in [0.1, 0.15) is 7.05 Å². The molecule has 0 aliphatic carbocycles. The van der Waals surface area contributed by atoms with Crippen LogP contribution in [0.15, 0.2) is 12.1 Å². The number of aromatic nitrogens is 1. The molecule has 0 radical (unpaired) electrons. The number of rotatable bonds is 0. The van der Waals surface area contributed by atoms with E-state index in [1.54, 1.807) is 0 Å². The molecule has 0 aliphatic rings. The van der Waals surface area contributed by atoms with Gasteiger partial charge in [0, 0.05) is 23.0 Å². The topological polar surface area (TPSA) is 61.1 Å². The highest BCUT2D eigenvalue weighted by Gasteiger charge is 2.37. The maximum Gasteiger partial charge on any atom is 0.485 e. The Hall–Kier alpha value is -1.15. The Labute approximate surface area is 142 Å². The van der Waals surface area contributed by atoms with E-state index in [0.717, 1.165) is 0 Å². The summed E-state index contributed by atoms with van der Waals surface area (Å²) in [5, 5.41) is 0. The van der Waals surface area contributed by atoms with Crippen molar-refractivity contribution in [3.63, 3.8) is 0 Å². The predicted molar refractivity (Wildman–Crippen MR) is 85.5 cm³/mol. The minimum Gasteiger partial charge on any atom is -0.741 e. The molecule has 0 bridgehead atoms.